The van der Waals surface area contributed by atoms with Gasteiger partial charge in [0.25, 0.3) is 0 Å². The Hall–Kier alpha value is -1.99. The first-order chi connectivity index (χ1) is 10.2. The Bertz CT molecular complexity index is 761. The number of methoxy groups -OCH3 is 1. The van der Waals surface area contributed by atoms with Crippen LogP contribution in [0.1, 0.15) is 18.5 Å². The molecule has 21 heavy (non-hydrogen) atoms. The molecule has 3 heterocycles. The number of aromatic nitrogens is 4. The number of hydrogen-bond donors (Lipinski definition) is 1. The van der Waals surface area contributed by atoms with Gasteiger partial charge in [0.15, 0.2) is 0 Å². The largest absolute Gasteiger partial charge is 0.467 e. The van der Waals surface area contributed by atoms with Gasteiger partial charge in [-0.25, -0.2) is 19.9 Å². The third-order valence-electron chi connectivity index (χ3n) is 3.01. The fourth-order valence-corrected chi connectivity index (χ4v) is 3.03. The van der Waals surface area contributed by atoms with Crippen LogP contribution in [-0.4, -0.2) is 27.0 Å². The van der Waals surface area contributed by atoms with E-state index in [1.54, 1.807) is 12.4 Å². The van der Waals surface area contributed by atoms with Crippen molar-refractivity contribution in [2.45, 2.75) is 13.0 Å². The summed E-state index contributed by atoms with van der Waals surface area (Å²) < 4.78 is 4.95. The van der Waals surface area contributed by atoms with Crippen molar-refractivity contribution in [3.05, 3.63) is 34.7 Å². The number of nitrogens with one attached hydrogen (secondary N) is 1. The lowest BCUT2D eigenvalue weighted by atomic mass is 10.2. The molecule has 8 heteroatoms. The minimum atomic E-state index is -0.0232. The van der Waals surface area contributed by atoms with Crippen molar-refractivity contribution in [3.63, 3.8) is 0 Å². The van der Waals surface area contributed by atoms with Gasteiger partial charge >= 0.3 is 6.01 Å². The van der Waals surface area contributed by atoms with Crippen LogP contribution in [0.2, 0.25) is 5.02 Å². The molecule has 0 radical (unpaired) electrons. The highest BCUT2D eigenvalue weighted by Crippen LogP contribution is 2.33. The molecular formula is C13H12ClN5OS. The van der Waals surface area contributed by atoms with Gasteiger partial charge in [-0.1, -0.05) is 11.6 Å². The van der Waals surface area contributed by atoms with Crippen LogP contribution in [0.25, 0.3) is 10.2 Å². The topological polar surface area (TPSA) is 72.8 Å². The fourth-order valence-electron chi connectivity index (χ4n) is 1.89. The van der Waals surface area contributed by atoms with Crippen LogP contribution in [0.5, 0.6) is 6.01 Å². The first kappa shape index (κ1) is 14.0. The summed E-state index contributed by atoms with van der Waals surface area (Å²) >= 11 is 7.69. The molecule has 1 atom stereocenters. The molecule has 0 aliphatic heterocycles. The van der Waals surface area contributed by atoms with E-state index in [4.69, 9.17) is 16.3 Å². The van der Waals surface area contributed by atoms with Crippen molar-refractivity contribution in [2.75, 3.05) is 12.4 Å². The molecule has 3 aromatic heterocycles. The molecule has 0 amide bonds. The fraction of sp³-hybridized carbons (Fsp3) is 0.231. The van der Waals surface area contributed by atoms with Gasteiger partial charge in [0, 0.05) is 23.3 Å². The summed E-state index contributed by atoms with van der Waals surface area (Å²) in [5.74, 6) is 0.703. The maximum absolute atomic E-state index is 6.20. The van der Waals surface area contributed by atoms with Crippen LogP contribution in [0.4, 0.5) is 5.82 Å². The summed E-state index contributed by atoms with van der Waals surface area (Å²) in [5.41, 5.74) is 0.925. The van der Waals surface area contributed by atoms with Crippen LogP contribution in [0.3, 0.4) is 0 Å². The van der Waals surface area contributed by atoms with Crippen molar-refractivity contribution < 1.29 is 4.74 Å². The Balaban J connectivity index is 1.88. The number of thiophene rings is 1. The second-order valence-corrected chi connectivity index (χ2v) is 5.62. The van der Waals surface area contributed by atoms with E-state index in [1.165, 1.54) is 24.8 Å². The predicted octanol–water partition coefficient (Wildman–Crippen LogP) is 3.32. The number of hydrogen-bond acceptors (Lipinski definition) is 7. The van der Waals surface area contributed by atoms with Crippen molar-refractivity contribution in [3.8, 4) is 6.01 Å². The average Bonchev–Trinajstić information content (AvgIpc) is 2.90. The monoisotopic (exact) mass is 321 g/mol. The Labute approximate surface area is 130 Å². The maximum atomic E-state index is 6.20. The van der Waals surface area contributed by atoms with Gasteiger partial charge in [-0.05, 0) is 6.92 Å². The molecule has 1 N–H and O–H groups in total. The van der Waals surface area contributed by atoms with Gasteiger partial charge in [-0.3, -0.25) is 0 Å². The third kappa shape index (κ3) is 2.74. The molecule has 1 unspecified atom stereocenters. The molecule has 0 saturated heterocycles. The summed E-state index contributed by atoms with van der Waals surface area (Å²) in [7, 11) is 1.53. The van der Waals surface area contributed by atoms with Crippen LogP contribution >= 0.6 is 22.9 Å². The van der Waals surface area contributed by atoms with Gasteiger partial charge in [0.2, 0.25) is 0 Å². The van der Waals surface area contributed by atoms with Crippen molar-refractivity contribution >= 4 is 39.0 Å². The van der Waals surface area contributed by atoms with E-state index >= 15 is 0 Å². The second-order valence-electron chi connectivity index (χ2n) is 4.36. The highest BCUT2D eigenvalue weighted by atomic mass is 35.5. The predicted molar refractivity (Wildman–Crippen MR) is 83.0 cm³/mol. The van der Waals surface area contributed by atoms with Gasteiger partial charge < -0.3 is 10.1 Å². The van der Waals surface area contributed by atoms with Gasteiger partial charge in [0.1, 0.15) is 17.0 Å². The van der Waals surface area contributed by atoms with E-state index in [0.717, 1.165) is 15.8 Å². The van der Waals surface area contributed by atoms with Crippen LogP contribution < -0.4 is 10.1 Å². The number of nitrogens with zero attached hydrogens (tertiary/aromatic N) is 4. The summed E-state index contributed by atoms with van der Waals surface area (Å²) in [6.45, 7) is 2.00. The zero-order valence-electron chi connectivity index (χ0n) is 11.4. The van der Waals surface area contributed by atoms with E-state index in [1.807, 2.05) is 12.3 Å². The minimum Gasteiger partial charge on any atom is -0.467 e. The standard InChI is InChI=1S/C13H12ClN5OS/c1-7(8-3-15-13(20-2)16-4-8)19-11-10-9(14)5-21-12(10)18-6-17-11/h3-7H,1-2H3,(H,17,18,19). The number of rotatable bonds is 4. The van der Waals surface area contributed by atoms with E-state index in [2.05, 4.69) is 25.3 Å². The normalized spacial score (nSPS) is 12.3. The molecule has 0 spiro atoms. The summed E-state index contributed by atoms with van der Waals surface area (Å²) in [6.07, 6.45) is 4.96. The molecular weight excluding hydrogens is 310 g/mol. The zero-order valence-corrected chi connectivity index (χ0v) is 12.9. The molecule has 3 rings (SSSR count). The van der Waals surface area contributed by atoms with Crippen molar-refractivity contribution in [1.82, 2.24) is 19.9 Å². The second kappa shape index (κ2) is 5.79. The molecule has 0 bridgehead atoms. The Kier molecular flexibility index (Phi) is 3.85. The summed E-state index contributed by atoms with van der Waals surface area (Å²) in [5, 5.41) is 6.66. The lowest BCUT2D eigenvalue weighted by Crippen LogP contribution is -2.09. The number of fused-ring (bicyclic) bond motifs is 1. The summed E-state index contributed by atoms with van der Waals surface area (Å²) in [6, 6.07) is 0.321. The SMILES string of the molecule is COc1ncc(C(C)Nc2ncnc3scc(Cl)c23)cn1. The number of halogens is 1. The number of anilines is 1. The van der Waals surface area contributed by atoms with E-state index < -0.39 is 0 Å². The van der Waals surface area contributed by atoms with Crippen LogP contribution in [0.15, 0.2) is 24.1 Å². The minimum absolute atomic E-state index is 0.0232. The number of ether oxygens (including phenoxy) is 1. The van der Waals surface area contributed by atoms with Gasteiger partial charge in [-0.2, -0.15) is 0 Å². The molecule has 0 saturated carbocycles. The lowest BCUT2D eigenvalue weighted by molar-refractivity contribution is 0.379. The van der Waals surface area contributed by atoms with Gasteiger partial charge in [0.05, 0.1) is 23.6 Å². The summed E-state index contributed by atoms with van der Waals surface area (Å²) in [4.78, 5) is 17.5. The molecule has 0 aliphatic carbocycles. The first-order valence-electron chi connectivity index (χ1n) is 6.19. The highest BCUT2D eigenvalue weighted by molar-refractivity contribution is 7.17. The molecule has 108 valence electrons. The van der Waals surface area contributed by atoms with Crippen LogP contribution in [0, 0.1) is 0 Å². The maximum Gasteiger partial charge on any atom is 0.316 e. The Morgan fingerprint density at radius 3 is 2.71 bits per heavy atom. The Morgan fingerprint density at radius 1 is 1.24 bits per heavy atom. The first-order valence-corrected chi connectivity index (χ1v) is 7.45. The van der Waals surface area contributed by atoms with Crippen molar-refractivity contribution in [1.29, 1.82) is 0 Å². The molecule has 0 aromatic carbocycles. The van der Waals surface area contributed by atoms with Gasteiger partial charge in [-0.15, -0.1) is 11.3 Å². The quantitative estimate of drug-likeness (QED) is 0.794. The highest BCUT2D eigenvalue weighted by Gasteiger charge is 2.13. The van der Waals surface area contributed by atoms with Crippen LogP contribution in [-0.2, 0) is 0 Å². The van der Waals surface area contributed by atoms with Crippen molar-refractivity contribution in [2.24, 2.45) is 0 Å². The zero-order chi connectivity index (χ0) is 14.8. The molecule has 0 fully saturated rings. The molecule has 0 aliphatic rings. The smallest absolute Gasteiger partial charge is 0.316 e. The van der Waals surface area contributed by atoms with E-state index in [9.17, 15) is 0 Å². The van der Waals surface area contributed by atoms with E-state index in [-0.39, 0.29) is 6.04 Å². The molecule has 6 nitrogen and oxygen atoms in total. The molecule has 3 aromatic rings. The average molecular weight is 322 g/mol. The lowest BCUT2D eigenvalue weighted by Gasteiger charge is -2.15. The third-order valence-corrected chi connectivity index (χ3v) is 4.32. The Morgan fingerprint density at radius 2 is 2.00 bits per heavy atom. The van der Waals surface area contributed by atoms with E-state index in [0.29, 0.717) is 16.9 Å².